The highest BCUT2D eigenvalue weighted by Crippen LogP contribution is 2.28. The number of hydrogen-bond acceptors (Lipinski definition) is 2. The van der Waals surface area contributed by atoms with Gasteiger partial charge in [0.2, 0.25) is 0 Å². The minimum absolute atomic E-state index is 0.0319. The summed E-state index contributed by atoms with van der Waals surface area (Å²) in [6.45, 7) is 4.10. The molecule has 0 aliphatic rings. The Labute approximate surface area is 108 Å². The Balaban J connectivity index is 2.28. The Morgan fingerprint density at radius 1 is 1.11 bits per heavy atom. The van der Waals surface area contributed by atoms with E-state index in [1.807, 2.05) is 43.3 Å². The van der Waals surface area contributed by atoms with Gasteiger partial charge >= 0.3 is 0 Å². The first kappa shape index (κ1) is 12.7. The van der Waals surface area contributed by atoms with E-state index in [9.17, 15) is 0 Å². The minimum atomic E-state index is -0.0319. The van der Waals surface area contributed by atoms with E-state index in [4.69, 9.17) is 10.5 Å². The van der Waals surface area contributed by atoms with Crippen molar-refractivity contribution in [3.63, 3.8) is 0 Å². The van der Waals surface area contributed by atoms with Crippen molar-refractivity contribution in [2.24, 2.45) is 5.73 Å². The topological polar surface area (TPSA) is 35.2 Å². The Morgan fingerprint density at radius 3 is 2.61 bits per heavy atom. The van der Waals surface area contributed by atoms with Crippen molar-refractivity contribution in [3.05, 3.63) is 59.7 Å². The first-order valence-corrected chi connectivity index (χ1v) is 6.32. The van der Waals surface area contributed by atoms with Crippen molar-refractivity contribution in [2.75, 3.05) is 0 Å². The fourth-order valence-corrected chi connectivity index (χ4v) is 1.91. The number of hydrogen-bond donors (Lipinski definition) is 1. The SMILES string of the molecule is CCc1cccc(Oc2ccccc2[C@@H](C)N)c1. The molecule has 18 heavy (non-hydrogen) atoms. The van der Waals surface area contributed by atoms with E-state index in [-0.39, 0.29) is 6.04 Å². The van der Waals surface area contributed by atoms with Crippen molar-refractivity contribution in [1.29, 1.82) is 0 Å². The second-order valence-electron chi connectivity index (χ2n) is 4.43. The predicted octanol–water partition coefficient (Wildman–Crippen LogP) is 4.06. The normalized spacial score (nSPS) is 12.2. The van der Waals surface area contributed by atoms with Crippen LogP contribution in [-0.2, 0) is 6.42 Å². The van der Waals surface area contributed by atoms with Crippen LogP contribution >= 0.6 is 0 Å². The molecule has 2 nitrogen and oxygen atoms in total. The maximum atomic E-state index is 5.94. The van der Waals surface area contributed by atoms with Gasteiger partial charge in [-0.3, -0.25) is 0 Å². The van der Waals surface area contributed by atoms with Gasteiger partial charge in [0.25, 0.3) is 0 Å². The largest absolute Gasteiger partial charge is 0.457 e. The van der Waals surface area contributed by atoms with Crippen LogP contribution in [0.25, 0.3) is 0 Å². The molecule has 0 unspecified atom stereocenters. The molecule has 0 saturated carbocycles. The quantitative estimate of drug-likeness (QED) is 0.876. The molecule has 0 aliphatic carbocycles. The molecule has 0 amide bonds. The van der Waals surface area contributed by atoms with Crippen molar-refractivity contribution < 1.29 is 4.74 Å². The van der Waals surface area contributed by atoms with Crippen LogP contribution in [-0.4, -0.2) is 0 Å². The predicted molar refractivity (Wildman–Crippen MR) is 74.9 cm³/mol. The molecular weight excluding hydrogens is 222 g/mol. The van der Waals surface area contributed by atoms with E-state index in [2.05, 4.69) is 19.1 Å². The highest BCUT2D eigenvalue weighted by atomic mass is 16.5. The molecule has 2 aromatic rings. The highest BCUT2D eigenvalue weighted by Gasteiger charge is 2.08. The lowest BCUT2D eigenvalue weighted by Gasteiger charge is -2.13. The number of aryl methyl sites for hydroxylation is 1. The van der Waals surface area contributed by atoms with E-state index in [0.717, 1.165) is 23.5 Å². The number of benzene rings is 2. The van der Waals surface area contributed by atoms with E-state index < -0.39 is 0 Å². The van der Waals surface area contributed by atoms with E-state index >= 15 is 0 Å². The van der Waals surface area contributed by atoms with Gasteiger partial charge in [0.05, 0.1) is 0 Å². The number of rotatable bonds is 4. The zero-order valence-corrected chi connectivity index (χ0v) is 10.9. The van der Waals surface area contributed by atoms with Crippen LogP contribution in [0.15, 0.2) is 48.5 Å². The Kier molecular flexibility index (Phi) is 4.00. The molecule has 0 saturated heterocycles. The third-order valence-electron chi connectivity index (χ3n) is 2.94. The standard InChI is InChI=1S/C16H19NO/c1-3-13-7-6-8-14(11-13)18-16-10-5-4-9-15(16)12(2)17/h4-12H,3,17H2,1-2H3/t12-/m1/s1. The fourth-order valence-electron chi connectivity index (χ4n) is 1.91. The second kappa shape index (κ2) is 5.69. The molecule has 0 heterocycles. The Bertz CT molecular complexity index is 520. The van der Waals surface area contributed by atoms with Crippen LogP contribution in [0, 0.1) is 0 Å². The van der Waals surface area contributed by atoms with Gasteiger partial charge in [0.15, 0.2) is 0 Å². The smallest absolute Gasteiger partial charge is 0.132 e. The molecule has 0 bridgehead atoms. The summed E-state index contributed by atoms with van der Waals surface area (Å²) in [5.74, 6) is 1.70. The molecule has 94 valence electrons. The van der Waals surface area contributed by atoms with Crippen LogP contribution in [0.5, 0.6) is 11.5 Å². The van der Waals surface area contributed by atoms with Crippen molar-refractivity contribution >= 4 is 0 Å². The van der Waals surface area contributed by atoms with Gasteiger partial charge in [0, 0.05) is 11.6 Å². The molecule has 0 aliphatic heterocycles. The summed E-state index contributed by atoms with van der Waals surface area (Å²) in [5, 5.41) is 0. The van der Waals surface area contributed by atoms with E-state index in [0.29, 0.717) is 0 Å². The van der Waals surface area contributed by atoms with Crippen LogP contribution in [0.3, 0.4) is 0 Å². The number of ether oxygens (including phenoxy) is 1. The van der Waals surface area contributed by atoms with E-state index in [1.165, 1.54) is 5.56 Å². The first-order chi connectivity index (χ1) is 8.70. The lowest BCUT2D eigenvalue weighted by atomic mass is 10.1. The molecule has 2 N–H and O–H groups in total. The third kappa shape index (κ3) is 2.90. The van der Waals surface area contributed by atoms with Crippen LogP contribution in [0.4, 0.5) is 0 Å². The molecule has 2 heteroatoms. The van der Waals surface area contributed by atoms with Crippen LogP contribution < -0.4 is 10.5 Å². The van der Waals surface area contributed by atoms with Crippen LogP contribution in [0.1, 0.15) is 31.0 Å². The zero-order valence-electron chi connectivity index (χ0n) is 10.9. The first-order valence-electron chi connectivity index (χ1n) is 6.32. The maximum absolute atomic E-state index is 5.94. The van der Waals surface area contributed by atoms with Crippen LogP contribution in [0.2, 0.25) is 0 Å². The summed E-state index contributed by atoms with van der Waals surface area (Å²) in [4.78, 5) is 0. The summed E-state index contributed by atoms with van der Waals surface area (Å²) in [5.41, 5.74) is 8.24. The molecule has 1 atom stereocenters. The summed E-state index contributed by atoms with van der Waals surface area (Å²) in [6, 6.07) is 16.0. The summed E-state index contributed by atoms with van der Waals surface area (Å²) < 4.78 is 5.93. The van der Waals surface area contributed by atoms with Crippen molar-refractivity contribution in [3.8, 4) is 11.5 Å². The monoisotopic (exact) mass is 241 g/mol. The summed E-state index contributed by atoms with van der Waals surface area (Å²) >= 11 is 0. The van der Waals surface area contributed by atoms with Gasteiger partial charge in [-0.15, -0.1) is 0 Å². The Hall–Kier alpha value is -1.80. The van der Waals surface area contributed by atoms with Gasteiger partial charge in [-0.1, -0.05) is 37.3 Å². The van der Waals surface area contributed by atoms with Gasteiger partial charge in [-0.05, 0) is 37.1 Å². The second-order valence-corrected chi connectivity index (χ2v) is 4.43. The molecule has 0 radical (unpaired) electrons. The molecular formula is C16H19NO. The highest BCUT2D eigenvalue weighted by molar-refractivity contribution is 5.40. The molecule has 0 fully saturated rings. The fraction of sp³-hybridized carbons (Fsp3) is 0.250. The maximum Gasteiger partial charge on any atom is 0.132 e. The van der Waals surface area contributed by atoms with Crippen molar-refractivity contribution in [2.45, 2.75) is 26.3 Å². The summed E-state index contributed by atoms with van der Waals surface area (Å²) in [6.07, 6.45) is 1.01. The van der Waals surface area contributed by atoms with E-state index in [1.54, 1.807) is 0 Å². The summed E-state index contributed by atoms with van der Waals surface area (Å²) in [7, 11) is 0. The number of para-hydroxylation sites is 1. The Morgan fingerprint density at radius 2 is 1.89 bits per heavy atom. The molecule has 2 rings (SSSR count). The minimum Gasteiger partial charge on any atom is -0.457 e. The van der Waals surface area contributed by atoms with Gasteiger partial charge in [-0.25, -0.2) is 0 Å². The lowest BCUT2D eigenvalue weighted by Crippen LogP contribution is -2.06. The van der Waals surface area contributed by atoms with Gasteiger partial charge in [-0.2, -0.15) is 0 Å². The lowest BCUT2D eigenvalue weighted by molar-refractivity contribution is 0.471. The molecule has 0 aromatic heterocycles. The third-order valence-corrected chi connectivity index (χ3v) is 2.94. The van der Waals surface area contributed by atoms with Gasteiger partial charge < -0.3 is 10.5 Å². The van der Waals surface area contributed by atoms with Gasteiger partial charge in [0.1, 0.15) is 11.5 Å². The number of nitrogens with two attached hydrogens (primary N) is 1. The molecule has 2 aromatic carbocycles. The van der Waals surface area contributed by atoms with Crippen molar-refractivity contribution in [1.82, 2.24) is 0 Å². The average molecular weight is 241 g/mol. The molecule has 0 spiro atoms. The zero-order chi connectivity index (χ0) is 13.0. The average Bonchev–Trinajstić information content (AvgIpc) is 2.39.